The van der Waals surface area contributed by atoms with Gasteiger partial charge in [0.2, 0.25) is 11.7 Å². The Bertz CT molecular complexity index is 1050. The molecule has 1 aromatic carbocycles. The average Bonchev–Trinajstić information content (AvgIpc) is 3.12. The van der Waals surface area contributed by atoms with Crippen molar-refractivity contribution >= 4 is 33.8 Å². The molecule has 1 atom stereocenters. The van der Waals surface area contributed by atoms with Gasteiger partial charge in [-0.3, -0.25) is 4.79 Å². The maximum atomic E-state index is 13.7. The number of carbonyl (C=O) groups excluding carboxylic acids is 1. The number of anilines is 1. The Morgan fingerprint density at radius 3 is 3.04 bits per heavy atom. The van der Waals surface area contributed by atoms with Gasteiger partial charge in [0.05, 0.1) is 6.04 Å². The second kappa shape index (κ2) is 6.62. The number of aromatic nitrogens is 2. The lowest BCUT2D eigenvalue weighted by molar-refractivity contribution is -0.389. The van der Waals surface area contributed by atoms with E-state index in [0.29, 0.717) is 30.0 Å². The van der Waals surface area contributed by atoms with E-state index >= 15 is 0 Å². The zero-order valence-corrected chi connectivity index (χ0v) is 15.2. The van der Waals surface area contributed by atoms with Gasteiger partial charge in [-0.1, -0.05) is 17.4 Å². The van der Waals surface area contributed by atoms with Crippen LogP contribution < -0.4 is 5.32 Å². The molecule has 1 aliphatic rings. The standard InChI is InChI=1S/C17H16FN5O3S/c1-10(24)21-5-4-14(13-3-2-12(18)8-11(13)9-21)19-15-16(23(25)26)22-6-7-27-17(22)20-15/h2-3,6-8,14,19H,4-5,9H2,1H3. The molecule has 0 aliphatic carbocycles. The van der Waals surface area contributed by atoms with Crippen LogP contribution in [0.2, 0.25) is 0 Å². The van der Waals surface area contributed by atoms with Crippen LogP contribution in [-0.4, -0.2) is 31.7 Å². The highest BCUT2D eigenvalue weighted by atomic mass is 32.1. The predicted molar refractivity (Wildman–Crippen MR) is 98.2 cm³/mol. The Kier molecular flexibility index (Phi) is 4.27. The first-order valence-corrected chi connectivity index (χ1v) is 9.22. The molecule has 1 N–H and O–H groups in total. The van der Waals surface area contributed by atoms with Gasteiger partial charge in [-0.05, 0) is 34.6 Å². The number of fused-ring (bicyclic) bond motifs is 2. The van der Waals surface area contributed by atoms with E-state index < -0.39 is 4.92 Å². The summed E-state index contributed by atoms with van der Waals surface area (Å²) in [5.41, 5.74) is 1.50. The molecule has 0 fully saturated rings. The molecule has 0 radical (unpaired) electrons. The summed E-state index contributed by atoms with van der Waals surface area (Å²) < 4.78 is 15.2. The second-order valence-electron chi connectivity index (χ2n) is 6.37. The Morgan fingerprint density at radius 2 is 2.30 bits per heavy atom. The second-order valence-corrected chi connectivity index (χ2v) is 7.24. The van der Waals surface area contributed by atoms with Crippen molar-refractivity contribution in [3.05, 3.63) is 56.8 Å². The summed E-state index contributed by atoms with van der Waals surface area (Å²) in [6.07, 6.45) is 2.13. The molecule has 0 spiro atoms. The summed E-state index contributed by atoms with van der Waals surface area (Å²) in [5, 5.41) is 16.4. The largest absolute Gasteiger partial charge is 0.372 e. The number of hydrogen-bond donors (Lipinski definition) is 1. The lowest BCUT2D eigenvalue weighted by atomic mass is 9.99. The minimum atomic E-state index is -0.473. The molecule has 1 amide bonds. The van der Waals surface area contributed by atoms with E-state index in [1.54, 1.807) is 22.5 Å². The summed E-state index contributed by atoms with van der Waals surface area (Å²) in [6, 6.07) is 4.10. The van der Waals surface area contributed by atoms with E-state index in [1.807, 2.05) is 0 Å². The van der Waals surface area contributed by atoms with E-state index in [4.69, 9.17) is 0 Å². The van der Waals surface area contributed by atoms with Gasteiger partial charge in [0.15, 0.2) is 0 Å². The first kappa shape index (κ1) is 17.4. The number of nitro groups is 1. The van der Waals surface area contributed by atoms with Crippen molar-refractivity contribution in [3.63, 3.8) is 0 Å². The zero-order valence-electron chi connectivity index (χ0n) is 14.4. The molecule has 1 aliphatic heterocycles. The third kappa shape index (κ3) is 3.12. The molecule has 3 aromatic rings. The maximum absolute atomic E-state index is 13.7. The first-order chi connectivity index (χ1) is 12.9. The maximum Gasteiger partial charge on any atom is 0.372 e. The molecular formula is C17H16FN5O3S. The quantitative estimate of drug-likeness (QED) is 0.548. The fourth-order valence-corrected chi connectivity index (χ4v) is 4.11. The van der Waals surface area contributed by atoms with Gasteiger partial charge < -0.3 is 20.3 Å². The Morgan fingerprint density at radius 1 is 1.48 bits per heavy atom. The number of imidazole rings is 1. The highest BCUT2D eigenvalue weighted by Gasteiger charge is 2.29. The molecule has 3 heterocycles. The molecule has 2 aromatic heterocycles. The van der Waals surface area contributed by atoms with Crippen LogP contribution in [0.25, 0.3) is 4.96 Å². The molecule has 0 bridgehead atoms. The van der Waals surface area contributed by atoms with Crippen LogP contribution in [0.4, 0.5) is 16.0 Å². The number of hydrogen-bond acceptors (Lipinski definition) is 6. The number of carbonyl (C=O) groups is 1. The number of nitrogens with one attached hydrogen (secondary N) is 1. The molecule has 8 nitrogen and oxygen atoms in total. The Balaban J connectivity index is 1.74. The van der Waals surface area contributed by atoms with Crippen LogP contribution in [-0.2, 0) is 11.3 Å². The smallest absolute Gasteiger partial charge is 0.358 e. The van der Waals surface area contributed by atoms with Crippen molar-refractivity contribution < 1.29 is 14.1 Å². The van der Waals surface area contributed by atoms with Crippen LogP contribution >= 0.6 is 11.3 Å². The highest BCUT2D eigenvalue weighted by molar-refractivity contribution is 7.15. The molecule has 0 saturated carbocycles. The van der Waals surface area contributed by atoms with Crippen molar-refractivity contribution in [1.82, 2.24) is 14.3 Å². The van der Waals surface area contributed by atoms with Gasteiger partial charge >= 0.3 is 5.82 Å². The lowest BCUT2D eigenvalue weighted by Crippen LogP contribution is -2.28. The lowest BCUT2D eigenvalue weighted by Gasteiger charge is -2.19. The Hall–Kier alpha value is -3.01. The molecule has 4 rings (SSSR count). The van der Waals surface area contributed by atoms with E-state index in [9.17, 15) is 19.3 Å². The number of thiazole rings is 1. The summed E-state index contributed by atoms with van der Waals surface area (Å²) in [5.74, 6) is -0.447. The third-order valence-corrected chi connectivity index (χ3v) is 5.45. The monoisotopic (exact) mass is 389 g/mol. The molecular weight excluding hydrogens is 373 g/mol. The van der Waals surface area contributed by atoms with Crippen LogP contribution in [0.1, 0.15) is 30.5 Å². The number of amides is 1. The van der Waals surface area contributed by atoms with Gasteiger partial charge in [-0.2, -0.15) is 9.38 Å². The van der Waals surface area contributed by atoms with Crippen LogP contribution in [0, 0.1) is 15.9 Å². The minimum absolute atomic E-state index is 0.0978. The average molecular weight is 389 g/mol. The van der Waals surface area contributed by atoms with Crippen molar-refractivity contribution in [1.29, 1.82) is 0 Å². The Labute approximate surface area is 157 Å². The molecule has 1 unspecified atom stereocenters. The van der Waals surface area contributed by atoms with Crippen LogP contribution in [0.15, 0.2) is 29.8 Å². The molecule has 140 valence electrons. The SMILES string of the molecule is CC(=O)N1CCC(Nc2nc3sccn3c2[N+](=O)[O-])c2ccc(F)cc2C1. The summed E-state index contributed by atoms with van der Waals surface area (Å²) in [6.45, 7) is 2.24. The van der Waals surface area contributed by atoms with E-state index in [0.717, 1.165) is 5.56 Å². The van der Waals surface area contributed by atoms with Crippen molar-refractivity contribution in [2.24, 2.45) is 0 Å². The van der Waals surface area contributed by atoms with Gasteiger partial charge in [0.25, 0.3) is 4.96 Å². The fourth-order valence-electron chi connectivity index (χ4n) is 3.41. The van der Waals surface area contributed by atoms with Crippen molar-refractivity contribution in [3.8, 4) is 0 Å². The number of halogens is 1. The number of rotatable bonds is 3. The first-order valence-electron chi connectivity index (χ1n) is 8.34. The topological polar surface area (TPSA) is 92.8 Å². The van der Waals surface area contributed by atoms with E-state index in [-0.39, 0.29) is 29.4 Å². The summed E-state index contributed by atoms with van der Waals surface area (Å²) >= 11 is 1.30. The van der Waals surface area contributed by atoms with Crippen LogP contribution in [0.3, 0.4) is 0 Å². The van der Waals surface area contributed by atoms with E-state index in [2.05, 4.69) is 10.3 Å². The third-order valence-electron chi connectivity index (χ3n) is 4.70. The number of benzene rings is 1. The van der Waals surface area contributed by atoms with Crippen molar-refractivity contribution in [2.45, 2.75) is 25.9 Å². The van der Waals surface area contributed by atoms with Crippen molar-refractivity contribution in [2.75, 3.05) is 11.9 Å². The molecule has 0 saturated heterocycles. The summed E-state index contributed by atoms with van der Waals surface area (Å²) in [7, 11) is 0. The van der Waals surface area contributed by atoms with Gasteiger partial charge in [-0.15, -0.1) is 0 Å². The zero-order chi connectivity index (χ0) is 19.1. The predicted octanol–water partition coefficient (Wildman–Crippen LogP) is 3.35. The molecule has 10 heteroatoms. The molecule has 27 heavy (non-hydrogen) atoms. The highest BCUT2D eigenvalue weighted by Crippen LogP contribution is 2.34. The summed E-state index contributed by atoms with van der Waals surface area (Å²) in [4.78, 5) is 29.4. The normalized spacial score (nSPS) is 16.8. The van der Waals surface area contributed by atoms with Crippen LogP contribution in [0.5, 0.6) is 0 Å². The fraction of sp³-hybridized carbons (Fsp3) is 0.294. The van der Waals surface area contributed by atoms with Gasteiger partial charge in [-0.25, -0.2) is 4.39 Å². The number of nitrogens with zero attached hydrogens (tertiary/aromatic N) is 4. The van der Waals surface area contributed by atoms with Gasteiger partial charge in [0.1, 0.15) is 12.0 Å². The minimum Gasteiger partial charge on any atom is -0.358 e. The van der Waals surface area contributed by atoms with Gasteiger partial charge in [0, 0.05) is 25.4 Å². The van der Waals surface area contributed by atoms with E-state index in [1.165, 1.54) is 34.8 Å².